The van der Waals surface area contributed by atoms with Gasteiger partial charge in [0.1, 0.15) is 0 Å². The summed E-state index contributed by atoms with van der Waals surface area (Å²) >= 11 is 0. The summed E-state index contributed by atoms with van der Waals surface area (Å²) in [4.78, 5) is 24.0. The molecule has 0 saturated heterocycles. The molecule has 0 spiro atoms. The lowest BCUT2D eigenvalue weighted by Crippen LogP contribution is -2.21. The van der Waals surface area contributed by atoms with Crippen LogP contribution in [0.3, 0.4) is 0 Å². The van der Waals surface area contributed by atoms with Crippen molar-refractivity contribution in [1.29, 1.82) is 0 Å². The molecule has 6 nitrogen and oxygen atoms in total. The smallest absolute Gasteiger partial charge is 0.291 e. The van der Waals surface area contributed by atoms with Gasteiger partial charge in [-0.15, -0.1) is 0 Å². The zero-order valence-corrected chi connectivity index (χ0v) is 14.3. The van der Waals surface area contributed by atoms with Crippen molar-refractivity contribution < 1.29 is 14.0 Å². The zero-order valence-electron chi connectivity index (χ0n) is 14.3. The molecule has 0 saturated carbocycles. The summed E-state index contributed by atoms with van der Waals surface area (Å²) in [6.07, 6.45) is 1.44. The van der Waals surface area contributed by atoms with E-state index in [2.05, 4.69) is 16.0 Å². The van der Waals surface area contributed by atoms with E-state index in [0.29, 0.717) is 5.69 Å². The Hall–Kier alpha value is -3.54. The first-order chi connectivity index (χ1) is 12.6. The van der Waals surface area contributed by atoms with E-state index in [1.54, 1.807) is 30.3 Å². The van der Waals surface area contributed by atoms with E-state index in [1.807, 2.05) is 37.3 Å². The van der Waals surface area contributed by atoms with Crippen molar-refractivity contribution in [2.75, 3.05) is 22.5 Å². The molecule has 3 aromatic rings. The van der Waals surface area contributed by atoms with E-state index in [0.717, 1.165) is 16.9 Å². The Labute approximate surface area is 151 Å². The number of carbonyl (C=O) groups is 2. The summed E-state index contributed by atoms with van der Waals surface area (Å²) in [5, 5.41) is 8.60. The second-order valence-electron chi connectivity index (χ2n) is 5.78. The molecule has 0 atom stereocenters. The van der Waals surface area contributed by atoms with Crippen molar-refractivity contribution in [3.05, 3.63) is 78.3 Å². The SMILES string of the molecule is Cc1ccc(NC(=O)CNc2cccc(NC(=O)c3ccco3)c2)cc1. The Morgan fingerprint density at radius 1 is 0.885 bits per heavy atom. The molecule has 0 bridgehead atoms. The number of carbonyl (C=O) groups excluding carboxylic acids is 2. The summed E-state index contributed by atoms with van der Waals surface area (Å²) in [7, 11) is 0. The number of amides is 2. The summed E-state index contributed by atoms with van der Waals surface area (Å²) in [6.45, 7) is 2.11. The minimum Gasteiger partial charge on any atom is -0.459 e. The van der Waals surface area contributed by atoms with Crippen molar-refractivity contribution in [2.24, 2.45) is 0 Å². The highest BCUT2D eigenvalue weighted by atomic mass is 16.3. The quantitative estimate of drug-likeness (QED) is 0.630. The molecule has 6 heteroatoms. The first-order valence-electron chi connectivity index (χ1n) is 8.15. The molecule has 3 rings (SSSR count). The molecular weight excluding hydrogens is 330 g/mol. The summed E-state index contributed by atoms with van der Waals surface area (Å²) < 4.78 is 5.06. The fourth-order valence-electron chi connectivity index (χ4n) is 2.33. The van der Waals surface area contributed by atoms with Crippen molar-refractivity contribution in [1.82, 2.24) is 0 Å². The van der Waals surface area contributed by atoms with Crippen molar-refractivity contribution >= 4 is 28.9 Å². The summed E-state index contributed by atoms with van der Waals surface area (Å²) in [5.41, 5.74) is 3.22. The van der Waals surface area contributed by atoms with Gasteiger partial charge in [-0.1, -0.05) is 23.8 Å². The highest BCUT2D eigenvalue weighted by molar-refractivity contribution is 6.02. The van der Waals surface area contributed by atoms with Gasteiger partial charge in [0.05, 0.1) is 12.8 Å². The topological polar surface area (TPSA) is 83.4 Å². The van der Waals surface area contributed by atoms with Gasteiger partial charge in [-0.3, -0.25) is 9.59 Å². The lowest BCUT2D eigenvalue weighted by Gasteiger charge is -2.10. The van der Waals surface area contributed by atoms with Crippen LogP contribution in [0.5, 0.6) is 0 Å². The second kappa shape index (κ2) is 8.02. The lowest BCUT2D eigenvalue weighted by atomic mass is 10.2. The van der Waals surface area contributed by atoms with Crippen LogP contribution in [0.25, 0.3) is 0 Å². The summed E-state index contributed by atoms with van der Waals surface area (Å²) in [5.74, 6) is -0.246. The average Bonchev–Trinajstić information content (AvgIpc) is 3.17. The molecule has 3 N–H and O–H groups in total. The van der Waals surface area contributed by atoms with Gasteiger partial charge in [0.25, 0.3) is 5.91 Å². The highest BCUT2D eigenvalue weighted by Gasteiger charge is 2.09. The number of hydrogen-bond acceptors (Lipinski definition) is 4. The maximum Gasteiger partial charge on any atom is 0.291 e. The molecule has 0 unspecified atom stereocenters. The maximum atomic E-state index is 12.0. The fraction of sp³-hybridized carbons (Fsp3) is 0.100. The molecule has 0 fully saturated rings. The molecule has 0 aliphatic carbocycles. The van der Waals surface area contributed by atoms with Crippen LogP contribution in [0.1, 0.15) is 16.1 Å². The van der Waals surface area contributed by atoms with E-state index in [-0.39, 0.29) is 24.1 Å². The van der Waals surface area contributed by atoms with E-state index < -0.39 is 0 Å². The Balaban J connectivity index is 1.54. The molecule has 132 valence electrons. The summed E-state index contributed by atoms with van der Waals surface area (Å²) in [6, 6.07) is 18.0. The Morgan fingerprint density at radius 3 is 2.38 bits per heavy atom. The van der Waals surface area contributed by atoms with Gasteiger partial charge in [0.2, 0.25) is 5.91 Å². The van der Waals surface area contributed by atoms with Gasteiger partial charge in [-0.2, -0.15) is 0 Å². The van der Waals surface area contributed by atoms with Crippen LogP contribution in [0.15, 0.2) is 71.3 Å². The molecular formula is C20H19N3O3. The third-order valence-electron chi connectivity index (χ3n) is 3.65. The van der Waals surface area contributed by atoms with Gasteiger partial charge >= 0.3 is 0 Å². The fourth-order valence-corrected chi connectivity index (χ4v) is 2.33. The average molecular weight is 349 g/mol. The first kappa shape index (κ1) is 17.3. The third kappa shape index (κ3) is 4.73. The van der Waals surface area contributed by atoms with Crippen molar-refractivity contribution in [3.63, 3.8) is 0 Å². The molecule has 26 heavy (non-hydrogen) atoms. The number of aryl methyl sites for hydroxylation is 1. The molecule has 1 heterocycles. The van der Waals surface area contributed by atoms with E-state index >= 15 is 0 Å². The maximum absolute atomic E-state index is 12.0. The van der Waals surface area contributed by atoms with Gasteiger partial charge in [0, 0.05) is 17.1 Å². The minimum atomic E-state index is -0.329. The van der Waals surface area contributed by atoms with Crippen LogP contribution in [0, 0.1) is 6.92 Å². The Bertz CT molecular complexity index is 887. The molecule has 0 aliphatic heterocycles. The first-order valence-corrected chi connectivity index (χ1v) is 8.15. The standard InChI is InChI=1S/C20H19N3O3/c1-14-7-9-15(10-8-14)22-19(24)13-21-16-4-2-5-17(12-16)23-20(25)18-6-3-11-26-18/h2-12,21H,13H2,1H3,(H,22,24)(H,23,25). The normalized spacial score (nSPS) is 10.2. The predicted octanol–water partition coefficient (Wildman–Crippen LogP) is 3.89. The highest BCUT2D eigenvalue weighted by Crippen LogP contribution is 2.16. The van der Waals surface area contributed by atoms with Crippen molar-refractivity contribution in [2.45, 2.75) is 6.92 Å². The van der Waals surface area contributed by atoms with Gasteiger partial charge in [-0.05, 0) is 49.4 Å². The van der Waals surface area contributed by atoms with E-state index in [1.165, 1.54) is 6.26 Å². The molecule has 0 aliphatic rings. The number of benzene rings is 2. The lowest BCUT2D eigenvalue weighted by molar-refractivity contribution is -0.114. The Kier molecular flexibility index (Phi) is 5.34. The van der Waals surface area contributed by atoms with Crippen LogP contribution in [-0.4, -0.2) is 18.4 Å². The molecule has 1 aromatic heterocycles. The monoisotopic (exact) mass is 349 g/mol. The van der Waals surface area contributed by atoms with Gasteiger partial charge in [-0.25, -0.2) is 0 Å². The van der Waals surface area contributed by atoms with Crippen LogP contribution >= 0.6 is 0 Å². The van der Waals surface area contributed by atoms with Crippen LogP contribution in [0.4, 0.5) is 17.1 Å². The third-order valence-corrected chi connectivity index (χ3v) is 3.65. The number of furan rings is 1. The second-order valence-corrected chi connectivity index (χ2v) is 5.78. The van der Waals surface area contributed by atoms with Crippen LogP contribution < -0.4 is 16.0 Å². The number of hydrogen-bond donors (Lipinski definition) is 3. The van der Waals surface area contributed by atoms with Crippen LogP contribution in [0.2, 0.25) is 0 Å². The molecule has 0 radical (unpaired) electrons. The largest absolute Gasteiger partial charge is 0.459 e. The van der Waals surface area contributed by atoms with Crippen molar-refractivity contribution in [3.8, 4) is 0 Å². The Morgan fingerprint density at radius 2 is 1.65 bits per heavy atom. The number of nitrogens with one attached hydrogen (secondary N) is 3. The predicted molar refractivity (Wildman–Crippen MR) is 101 cm³/mol. The number of rotatable bonds is 6. The van der Waals surface area contributed by atoms with E-state index in [9.17, 15) is 9.59 Å². The molecule has 2 amide bonds. The van der Waals surface area contributed by atoms with Gasteiger partial charge in [0.15, 0.2) is 5.76 Å². The van der Waals surface area contributed by atoms with Crippen LogP contribution in [-0.2, 0) is 4.79 Å². The van der Waals surface area contributed by atoms with Gasteiger partial charge < -0.3 is 20.4 Å². The zero-order chi connectivity index (χ0) is 18.4. The van der Waals surface area contributed by atoms with E-state index in [4.69, 9.17) is 4.42 Å². The molecule has 2 aromatic carbocycles. The number of anilines is 3. The minimum absolute atomic E-state index is 0.115.